The minimum absolute atomic E-state index is 0.0512. The van der Waals surface area contributed by atoms with E-state index in [0.717, 1.165) is 40.6 Å². The summed E-state index contributed by atoms with van der Waals surface area (Å²) in [7, 11) is 1.52. The molecule has 1 aromatic rings. The van der Waals surface area contributed by atoms with E-state index in [4.69, 9.17) is 26.1 Å². The van der Waals surface area contributed by atoms with Gasteiger partial charge in [-0.1, -0.05) is 36.7 Å². The van der Waals surface area contributed by atoms with Crippen molar-refractivity contribution in [2.75, 3.05) is 26.9 Å². The lowest BCUT2D eigenvalue weighted by Crippen LogP contribution is -2.29. The molecule has 5 heteroatoms. The van der Waals surface area contributed by atoms with Gasteiger partial charge in [0.15, 0.2) is 0 Å². The molecule has 1 aromatic carbocycles. The molecule has 132 valence electrons. The van der Waals surface area contributed by atoms with Crippen LogP contribution in [0.2, 0.25) is 5.02 Å². The molecule has 1 N–H and O–H groups in total. The molecular formula is C19H26ClNO3. The van der Waals surface area contributed by atoms with Crippen LogP contribution < -0.4 is 5.32 Å². The van der Waals surface area contributed by atoms with Crippen molar-refractivity contribution >= 4 is 11.6 Å². The van der Waals surface area contributed by atoms with Gasteiger partial charge in [0.1, 0.15) is 6.61 Å². The smallest absolute Gasteiger partial charge is 0.106 e. The molecule has 0 saturated heterocycles. The van der Waals surface area contributed by atoms with E-state index in [1.54, 1.807) is 0 Å². The van der Waals surface area contributed by atoms with Gasteiger partial charge in [-0.25, -0.2) is 9.78 Å². The molecule has 0 aliphatic carbocycles. The van der Waals surface area contributed by atoms with Crippen LogP contribution in [0.5, 0.6) is 0 Å². The van der Waals surface area contributed by atoms with E-state index in [9.17, 15) is 0 Å². The summed E-state index contributed by atoms with van der Waals surface area (Å²) in [5.74, 6) is 0.0512. The van der Waals surface area contributed by atoms with Crippen molar-refractivity contribution in [1.29, 1.82) is 0 Å². The van der Waals surface area contributed by atoms with Gasteiger partial charge in [-0.2, -0.15) is 0 Å². The van der Waals surface area contributed by atoms with Crippen molar-refractivity contribution in [1.82, 2.24) is 5.32 Å². The molecule has 0 spiro atoms. The van der Waals surface area contributed by atoms with Gasteiger partial charge in [0.05, 0.1) is 13.7 Å². The zero-order valence-corrected chi connectivity index (χ0v) is 15.6. The zero-order valence-electron chi connectivity index (χ0n) is 14.8. The highest BCUT2D eigenvalue weighted by atomic mass is 35.5. The van der Waals surface area contributed by atoms with Gasteiger partial charge in [-0.05, 0) is 43.0 Å². The number of rotatable bonds is 8. The standard InChI is InChI=1S/C19H26ClNO3/c1-5-10-23-12-18-13(2)19(15-8-6-7-9-17(15)20)16(11-24-22-4)14(3)21-18/h6-9,19,21H,5,10-12H2,1-4H3/t19-/m1/s1. The average molecular weight is 352 g/mol. The maximum absolute atomic E-state index is 6.48. The number of halogens is 1. The number of ether oxygens (including phenoxy) is 1. The Bertz CT molecular complexity index is 625. The second kappa shape index (κ2) is 9.23. The largest absolute Gasteiger partial charge is 0.375 e. The summed E-state index contributed by atoms with van der Waals surface area (Å²) in [5, 5.41) is 4.21. The number of benzene rings is 1. The van der Waals surface area contributed by atoms with Crippen LogP contribution in [0.15, 0.2) is 46.8 Å². The third-order valence-corrected chi connectivity index (χ3v) is 4.57. The van der Waals surface area contributed by atoms with Gasteiger partial charge in [0.2, 0.25) is 0 Å². The van der Waals surface area contributed by atoms with E-state index in [2.05, 4.69) is 25.2 Å². The third kappa shape index (κ3) is 4.39. The van der Waals surface area contributed by atoms with Crippen LogP contribution in [0.1, 0.15) is 38.7 Å². The highest BCUT2D eigenvalue weighted by Crippen LogP contribution is 2.40. The third-order valence-electron chi connectivity index (χ3n) is 4.22. The van der Waals surface area contributed by atoms with E-state index in [1.807, 2.05) is 25.1 Å². The van der Waals surface area contributed by atoms with Crippen LogP contribution in [0.3, 0.4) is 0 Å². The Balaban J connectivity index is 2.39. The van der Waals surface area contributed by atoms with Crippen molar-refractivity contribution in [3.8, 4) is 0 Å². The SMILES string of the molecule is CCCOCC1=C(C)[C@H](c2ccccc2Cl)C(COOC)=C(C)N1. The van der Waals surface area contributed by atoms with Gasteiger partial charge >= 0.3 is 0 Å². The lowest BCUT2D eigenvalue weighted by atomic mass is 9.81. The summed E-state index contributed by atoms with van der Waals surface area (Å²) in [6, 6.07) is 7.93. The van der Waals surface area contributed by atoms with Crippen LogP contribution in [0.25, 0.3) is 0 Å². The maximum Gasteiger partial charge on any atom is 0.106 e. The quantitative estimate of drug-likeness (QED) is 0.423. The minimum atomic E-state index is 0.0512. The first-order chi connectivity index (χ1) is 11.6. The van der Waals surface area contributed by atoms with E-state index < -0.39 is 0 Å². The Labute approximate surface area is 149 Å². The van der Waals surface area contributed by atoms with Crippen molar-refractivity contribution < 1.29 is 14.5 Å². The summed E-state index contributed by atoms with van der Waals surface area (Å²) in [6.45, 7) is 7.96. The second-order valence-corrected chi connectivity index (χ2v) is 6.28. The molecule has 1 aliphatic rings. The normalized spacial score (nSPS) is 18.1. The van der Waals surface area contributed by atoms with Crippen LogP contribution in [0.4, 0.5) is 0 Å². The minimum Gasteiger partial charge on any atom is -0.375 e. The molecule has 0 amide bonds. The van der Waals surface area contributed by atoms with Crippen LogP contribution in [-0.2, 0) is 14.5 Å². The average Bonchev–Trinajstić information content (AvgIpc) is 2.57. The van der Waals surface area contributed by atoms with Crippen molar-refractivity contribution in [3.63, 3.8) is 0 Å². The molecule has 1 aliphatic heterocycles. The van der Waals surface area contributed by atoms with Gasteiger partial charge in [-0.15, -0.1) is 0 Å². The number of allylic oxidation sites excluding steroid dienone is 2. The second-order valence-electron chi connectivity index (χ2n) is 5.87. The molecule has 0 fully saturated rings. The molecule has 4 nitrogen and oxygen atoms in total. The van der Waals surface area contributed by atoms with Crippen LogP contribution in [0, 0.1) is 0 Å². The Morgan fingerprint density at radius 3 is 2.58 bits per heavy atom. The first kappa shape index (κ1) is 19.0. The molecule has 0 saturated carbocycles. The van der Waals surface area contributed by atoms with Gasteiger partial charge in [-0.3, -0.25) is 0 Å². The molecule has 1 heterocycles. The molecular weight excluding hydrogens is 326 g/mol. The number of hydrogen-bond donors (Lipinski definition) is 1. The molecule has 24 heavy (non-hydrogen) atoms. The predicted molar refractivity (Wildman–Crippen MR) is 96.8 cm³/mol. The monoisotopic (exact) mass is 351 g/mol. The summed E-state index contributed by atoms with van der Waals surface area (Å²) < 4.78 is 5.74. The van der Waals surface area contributed by atoms with E-state index in [1.165, 1.54) is 12.7 Å². The van der Waals surface area contributed by atoms with Gasteiger partial charge in [0, 0.05) is 28.9 Å². The number of dihydropyridines is 1. The Kier molecular flexibility index (Phi) is 7.31. The lowest BCUT2D eigenvalue weighted by molar-refractivity contribution is -0.265. The first-order valence-electron chi connectivity index (χ1n) is 8.24. The van der Waals surface area contributed by atoms with E-state index in [-0.39, 0.29) is 5.92 Å². The summed E-state index contributed by atoms with van der Waals surface area (Å²) in [6.07, 6.45) is 1.00. The summed E-state index contributed by atoms with van der Waals surface area (Å²) >= 11 is 6.48. The number of hydrogen-bond acceptors (Lipinski definition) is 4. The zero-order chi connectivity index (χ0) is 17.5. The lowest BCUT2D eigenvalue weighted by Gasteiger charge is -2.32. The fraction of sp³-hybridized carbons (Fsp3) is 0.474. The van der Waals surface area contributed by atoms with Gasteiger partial charge in [0.25, 0.3) is 0 Å². The molecule has 1 atom stereocenters. The van der Waals surface area contributed by atoms with E-state index >= 15 is 0 Å². The Hall–Kier alpha value is -1.33. The Morgan fingerprint density at radius 2 is 1.92 bits per heavy atom. The molecule has 2 rings (SSSR count). The summed E-state index contributed by atoms with van der Waals surface area (Å²) in [5.41, 5.74) is 5.52. The van der Waals surface area contributed by atoms with E-state index in [0.29, 0.717) is 13.2 Å². The fourth-order valence-electron chi connectivity index (χ4n) is 2.97. The molecule has 0 aromatic heterocycles. The fourth-order valence-corrected chi connectivity index (χ4v) is 3.21. The Morgan fingerprint density at radius 1 is 1.17 bits per heavy atom. The number of nitrogens with one attached hydrogen (secondary N) is 1. The maximum atomic E-state index is 6.48. The highest BCUT2D eigenvalue weighted by molar-refractivity contribution is 6.31. The van der Waals surface area contributed by atoms with Crippen molar-refractivity contribution in [2.24, 2.45) is 0 Å². The first-order valence-corrected chi connectivity index (χ1v) is 8.62. The topological polar surface area (TPSA) is 39.7 Å². The molecule has 0 bridgehead atoms. The van der Waals surface area contributed by atoms with Crippen LogP contribution >= 0.6 is 11.6 Å². The van der Waals surface area contributed by atoms with Crippen molar-refractivity contribution in [3.05, 3.63) is 57.4 Å². The summed E-state index contributed by atoms with van der Waals surface area (Å²) in [4.78, 5) is 10.0. The molecule has 0 unspecified atom stereocenters. The molecule has 0 radical (unpaired) electrons. The predicted octanol–water partition coefficient (Wildman–Crippen LogP) is 4.58. The van der Waals surface area contributed by atoms with Crippen LogP contribution in [-0.4, -0.2) is 26.9 Å². The van der Waals surface area contributed by atoms with Crippen molar-refractivity contribution in [2.45, 2.75) is 33.1 Å². The van der Waals surface area contributed by atoms with Gasteiger partial charge < -0.3 is 10.1 Å². The highest BCUT2D eigenvalue weighted by Gasteiger charge is 2.29.